The summed E-state index contributed by atoms with van der Waals surface area (Å²) < 4.78 is 22.5. The Kier molecular flexibility index (Phi) is 6.29. The first-order chi connectivity index (χ1) is 17.9. The first kappa shape index (κ1) is 23.6. The van der Waals surface area contributed by atoms with Crippen LogP contribution in [0.2, 0.25) is 0 Å². The van der Waals surface area contributed by atoms with Crippen molar-refractivity contribution in [2.24, 2.45) is 0 Å². The van der Waals surface area contributed by atoms with Gasteiger partial charge in [-0.2, -0.15) is 5.10 Å². The highest BCUT2D eigenvalue weighted by molar-refractivity contribution is 5.68. The van der Waals surface area contributed by atoms with Gasteiger partial charge in [-0.25, -0.2) is 13.8 Å². The minimum absolute atomic E-state index is 0.0482. The van der Waals surface area contributed by atoms with Crippen LogP contribution in [-0.4, -0.2) is 28.8 Å². The summed E-state index contributed by atoms with van der Waals surface area (Å²) >= 11 is 0. The van der Waals surface area contributed by atoms with Crippen LogP contribution in [0.5, 0.6) is 0 Å². The highest BCUT2D eigenvalue weighted by atomic mass is 19.1. The molecule has 0 saturated heterocycles. The summed E-state index contributed by atoms with van der Waals surface area (Å²) in [6, 6.07) is 11.0. The van der Waals surface area contributed by atoms with Gasteiger partial charge >= 0.3 is 16.9 Å². The molecule has 0 radical (unpaired) electrons. The largest absolute Gasteiger partial charge is 0.472 e. The van der Waals surface area contributed by atoms with Crippen molar-refractivity contribution in [3.8, 4) is 11.3 Å². The van der Waals surface area contributed by atoms with Gasteiger partial charge in [0.15, 0.2) is 0 Å². The smallest absolute Gasteiger partial charge is 0.358 e. The van der Waals surface area contributed by atoms with Gasteiger partial charge < -0.3 is 4.42 Å². The zero-order valence-electron chi connectivity index (χ0n) is 19.2. The van der Waals surface area contributed by atoms with E-state index in [0.29, 0.717) is 16.7 Å². The van der Waals surface area contributed by atoms with Crippen molar-refractivity contribution in [3.05, 3.63) is 133 Å². The van der Waals surface area contributed by atoms with Gasteiger partial charge in [-0.1, -0.05) is 18.2 Å². The van der Waals surface area contributed by atoms with Gasteiger partial charge in [0, 0.05) is 35.3 Å². The maximum absolute atomic E-state index is 14.2. The molecule has 12 heteroatoms. The summed E-state index contributed by atoms with van der Waals surface area (Å²) in [6.07, 6.45) is 8.54. The highest BCUT2D eigenvalue weighted by Gasteiger charge is 2.30. The third-order valence-electron chi connectivity index (χ3n) is 5.79. The molecule has 0 amide bonds. The van der Waals surface area contributed by atoms with Crippen molar-refractivity contribution in [2.45, 2.75) is 19.6 Å². The van der Waals surface area contributed by atoms with Crippen LogP contribution < -0.4 is 11.2 Å². The quantitative estimate of drug-likeness (QED) is 0.235. The molecule has 37 heavy (non-hydrogen) atoms. The number of pyridine rings is 1. The molecule has 0 aliphatic heterocycles. The van der Waals surface area contributed by atoms with E-state index in [4.69, 9.17) is 4.42 Å². The number of aromatic nitrogens is 5. The zero-order chi connectivity index (χ0) is 25.9. The average Bonchev–Trinajstić information content (AvgIpc) is 3.57. The normalized spacial score (nSPS) is 11.1. The molecule has 5 rings (SSSR count). The molecule has 4 heterocycles. The predicted molar refractivity (Wildman–Crippen MR) is 129 cm³/mol. The van der Waals surface area contributed by atoms with Crippen LogP contribution in [0.4, 0.5) is 10.1 Å². The van der Waals surface area contributed by atoms with Crippen LogP contribution in [0, 0.1) is 15.9 Å². The number of rotatable bonds is 8. The lowest BCUT2D eigenvalue weighted by molar-refractivity contribution is -0.386. The molecule has 0 spiro atoms. The van der Waals surface area contributed by atoms with Crippen LogP contribution in [0.15, 0.2) is 93.8 Å². The second-order valence-corrected chi connectivity index (χ2v) is 8.22. The Hall–Kier alpha value is -5.13. The molecule has 186 valence electrons. The maximum atomic E-state index is 14.2. The SMILES string of the molecule is O=c1c([N+](=O)[O-])c(-c2cnn(Cc3ccccc3F)c2)n(Cc2ccncc2)c(=O)n1Cc1ccoc1. The van der Waals surface area contributed by atoms with Crippen molar-refractivity contribution in [3.63, 3.8) is 0 Å². The zero-order valence-corrected chi connectivity index (χ0v) is 19.2. The molecule has 0 bridgehead atoms. The summed E-state index contributed by atoms with van der Waals surface area (Å²) in [5, 5.41) is 16.4. The molecular weight excluding hydrogens is 483 g/mol. The van der Waals surface area contributed by atoms with Gasteiger partial charge in [0.1, 0.15) is 11.5 Å². The number of nitrogens with zero attached hydrogens (tertiary/aromatic N) is 6. The number of halogens is 1. The molecule has 5 aromatic rings. The summed E-state index contributed by atoms with van der Waals surface area (Å²) in [5.74, 6) is -0.429. The van der Waals surface area contributed by atoms with Crippen LogP contribution in [-0.2, 0) is 19.6 Å². The van der Waals surface area contributed by atoms with Crippen molar-refractivity contribution < 1.29 is 13.7 Å². The standard InChI is InChI=1S/C25H19FN6O5/c26-21-4-2-1-3-19(21)14-29-15-20(11-28-29)22-23(32(35)36)24(33)31(13-18-7-10-37-16-18)25(34)30(22)12-17-5-8-27-9-6-17/h1-11,15-16H,12-14H2. The van der Waals surface area contributed by atoms with Gasteiger partial charge in [-0.05, 0) is 29.8 Å². The van der Waals surface area contributed by atoms with Gasteiger partial charge in [0.2, 0.25) is 0 Å². The van der Waals surface area contributed by atoms with E-state index < -0.39 is 27.7 Å². The lowest BCUT2D eigenvalue weighted by Gasteiger charge is -2.15. The Morgan fingerprint density at radius 3 is 2.43 bits per heavy atom. The number of benzene rings is 1. The fraction of sp³-hybridized carbons (Fsp3) is 0.120. The van der Waals surface area contributed by atoms with Crippen molar-refractivity contribution in [2.75, 3.05) is 0 Å². The Labute approximate surface area is 207 Å². The minimum atomic E-state index is -1.06. The Morgan fingerprint density at radius 1 is 0.973 bits per heavy atom. The van der Waals surface area contributed by atoms with E-state index in [9.17, 15) is 24.1 Å². The lowest BCUT2D eigenvalue weighted by Crippen LogP contribution is -2.42. The molecule has 0 N–H and O–H groups in total. The van der Waals surface area contributed by atoms with Crippen molar-refractivity contribution in [1.82, 2.24) is 23.9 Å². The van der Waals surface area contributed by atoms with Crippen LogP contribution >= 0.6 is 0 Å². The lowest BCUT2D eigenvalue weighted by atomic mass is 10.1. The topological polar surface area (TPSA) is 131 Å². The van der Waals surface area contributed by atoms with Crippen molar-refractivity contribution >= 4 is 5.69 Å². The Bertz CT molecular complexity index is 1690. The second kappa shape index (κ2) is 9.85. The molecule has 4 aromatic heterocycles. The van der Waals surface area contributed by atoms with Gasteiger partial charge in [-0.3, -0.25) is 29.1 Å². The van der Waals surface area contributed by atoms with Crippen LogP contribution in [0.1, 0.15) is 16.7 Å². The molecule has 0 aliphatic carbocycles. The summed E-state index contributed by atoms with van der Waals surface area (Å²) in [6.45, 7) is -0.230. The van der Waals surface area contributed by atoms with Crippen LogP contribution in [0.3, 0.4) is 0 Å². The molecule has 1 aromatic carbocycles. The molecule has 0 unspecified atom stereocenters. The number of hydrogen-bond donors (Lipinski definition) is 0. The van der Waals surface area contributed by atoms with Gasteiger partial charge in [0.25, 0.3) is 0 Å². The number of nitro groups is 1. The van der Waals surface area contributed by atoms with E-state index in [1.165, 1.54) is 52.6 Å². The average molecular weight is 502 g/mol. The second-order valence-electron chi connectivity index (χ2n) is 8.22. The molecule has 11 nitrogen and oxygen atoms in total. The highest BCUT2D eigenvalue weighted by Crippen LogP contribution is 2.27. The third kappa shape index (κ3) is 4.72. The van der Waals surface area contributed by atoms with E-state index in [1.807, 2.05) is 0 Å². The fourth-order valence-corrected chi connectivity index (χ4v) is 4.04. The van der Waals surface area contributed by atoms with E-state index in [-0.39, 0.29) is 30.9 Å². The molecular formula is C25H19FN6O5. The fourth-order valence-electron chi connectivity index (χ4n) is 4.04. The molecule has 0 saturated carbocycles. The molecule has 0 atom stereocenters. The van der Waals surface area contributed by atoms with Crippen molar-refractivity contribution in [1.29, 1.82) is 0 Å². The first-order valence-corrected chi connectivity index (χ1v) is 11.1. The van der Waals surface area contributed by atoms with Crippen LogP contribution in [0.25, 0.3) is 11.3 Å². The Balaban J connectivity index is 1.69. The summed E-state index contributed by atoms with van der Waals surface area (Å²) in [5.41, 5.74) is -1.11. The predicted octanol–water partition coefficient (Wildman–Crippen LogP) is 3.05. The summed E-state index contributed by atoms with van der Waals surface area (Å²) in [7, 11) is 0. The number of hydrogen-bond acceptors (Lipinski definition) is 7. The van der Waals surface area contributed by atoms with E-state index >= 15 is 0 Å². The first-order valence-electron chi connectivity index (χ1n) is 11.1. The van der Waals surface area contributed by atoms with E-state index in [0.717, 1.165) is 4.57 Å². The molecule has 0 aliphatic rings. The third-order valence-corrected chi connectivity index (χ3v) is 5.79. The van der Waals surface area contributed by atoms with Gasteiger partial charge in [0.05, 0.1) is 43.3 Å². The van der Waals surface area contributed by atoms with E-state index in [2.05, 4.69) is 10.1 Å². The number of furan rings is 1. The molecule has 0 fully saturated rings. The van der Waals surface area contributed by atoms with E-state index in [1.54, 1.807) is 36.4 Å². The monoisotopic (exact) mass is 502 g/mol. The summed E-state index contributed by atoms with van der Waals surface area (Å²) in [4.78, 5) is 42.3. The Morgan fingerprint density at radius 2 is 1.73 bits per heavy atom. The van der Waals surface area contributed by atoms with Gasteiger partial charge in [-0.15, -0.1) is 0 Å². The minimum Gasteiger partial charge on any atom is -0.472 e. The maximum Gasteiger partial charge on any atom is 0.358 e.